The number of para-hydroxylation sites is 1. The van der Waals surface area contributed by atoms with E-state index in [1.165, 1.54) is 12.4 Å². The minimum absolute atomic E-state index is 0.0984. The van der Waals surface area contributed by atoms with E-state index in [9.17, 15) is 13.6 Å². The monoisotopic (exact) mass is 314 g/mol. The second-order valence-corrected chi connectivity index (χ2v) is 4.83. The molecule has 1 heterocycles. The minimum Gasteiger partial charge on any atom is -0.294 e. The third-order valence-corrected chi connectivity index (χ3v) is 3.18. The zero-order valence-corrected chi connectivity index (χ0v) is 11.9. The van der Waals surface area contributed by atoms with Gasteiger partial charge in [-0.3, -0.25) is 14.7 Å². The number of nitrogens with zero attached hydrogens (tertiary/aromatic N) is 3. The molecule has 0 fully saturated rings. The molecule has 116 valence electrons. The molecule has 0 unspecified atom stereocenters. The van der Waals surface area contributed by atoms with Gasteiger partial charge in [-0.05, 0) is 29.8 Å². The van der Waals surface area contributed by atoms with Crippen molar-refractivity contribution in [2.75, 3.05) is 5.32 Å². The summed E-state index contributed by atoms with van der Waals surface area (Å²) in [6, 6.07) is 12.6. The van der Waals surface area contributed by atoms with Crippen molar-refractivity contribution >= 4 is 11.9 Å². The van der Waals surface area contributed by atoms with Crippen molar-refractivity contribution < 1.29 is 13.6 Å². The van der Waals surface area contributed by atoms with Crippen molar-refractivity contribution in [2.45, 2.75) is 6.42 Å². The van der Waals surface area contributed by atoms with Crippen LogP contribution < -0.4 is 5.32 Å². The molecular weight excluding hydrogens is 302 g/mol. The fraction of sp³-hybridized carbons (Fsp3) is 0.0625. The van der Waals surface area contributed by atoms with Crippen LogP contribution in [0.25, 0.3) is 5.69 Å². The maximum absolute atomic E-state index is 13.2. The average Bonchev–Trinajstić information content (AvgIpc) is 3.00. The van der Waals surface area contributed by atoms with Crippen molar-refractivity contribution in [1.82, 2.24) is 14.8 Å². The number of rotatable bonds is 4. The van der Waals surface area contributed by atoms with Gasteiger partial charge in [0.25, 0.3) is 0 Å². The van der Waals surface area contributed by atoms with Gasteiger partial charge in [0.1, 0.15) is 6.33 Å². The Kier molecular flexibility index (Phi) is 4.09. The number of aromatic nitrogens is 3. The maximum Gasteiger partial charge on any atom is 0.235 e. The van der Waals surface area contributed by atoms with Crippen molar-refractivity contribution in [3.8, 4) is 5.69 Å². The molecule has 23 heavy (non-hydrogen) atoms. The minimum atomic E-state index is -0.984. The highest BCUT2D eigenvalue weighted by Gasteiger charge is 2.12. The van der Waals surface area contributed by atoms with E-state index < -0.39 is 17.5 Å². The summed E-state index contributed by atoms with van der Waals surface area (Å²) < 4.78 is 27.7. The Morgan fingerprint density at radius 1 is 1.09 bits per heavy atom. The molecule has 0 aliphatic heterocycles. The normalized spacial score (nSPS) is 10.5. The van der Waals surface area contributed by atoms with E-state index in [0.29, 0.717) is 5.56 Å². The number of nitrogens with one attached hydrogen (secondary N) is 1. The van der Waals surface area contributed by atoms with E-state index in [1.807, 2.05) is 30.3 Å². The Hall–Kier alpha value is -3.09. The number of carbonyl (C=O) groups is 1. The second kappa shape index (κ2) is 6.35. The summed E-state index contributed by atoms with van der Waals surface area (Å²) in [5, 5.41) is 10.2. The van der Waals surface area contributed by atoms with Gasteiger partial charge in [-0.15, -0.1) is 10.2 Å². The van der Waals surface area contributed by atoms with Crippen LogP contribution in [0.1, 0.15) is 5.56 Å². The van der Waals surface area contributed by atoms with Crippen LogP contribution >= 0.6 is 0 Å². The highest BCUT2D eigenvalue weighted by molar-refractivity contribution is 5.90. The van der Waals surface area contributed by atoms with Gasteiger partial charge in [0, 0.05) is 0 Å². The first-order valence-corrected chi connectivity index (χ1v) is 6.83. The maximum atomic E-state index is 13.2. The summed E-state index contributed by atoms with van der Waals surface area (Å²) in [4.78, 5) is 12.1. The van der Waals surface area contributed by atoms with E-state index in [4.69, 9.17) is 0 Å². The van der Waals surface area contributed by atoms with Crippen LogP contribution in [0.15, 0.2) is 54.9 Å². The molecular formula is C16H12F2N4O. The lowest BCUT2D eigenvalue weighted by molar-refractivity contribution is -0.115. The van der Waals surface area contributed by atoms with Crippen molar-refractivity contribution in [3.63, 3.8) is 0 Å². The summed E-state index contributed by atoms with van der Waals surface area (Å²) in [5.74, 6) is -2.08. The van der Waals surface area contributed by atoms with E-state index >= 15 is 0 Å². The fourth-order valence-electron chi connectivity index (χ4n) is 2.10. The fourth-order valence-corrected chi connectivity index (χ4v) is 2.10. The smallest absolute Gasteiger partial charge is 0.235 e. The predicted octanol–water partition coefficient (Wildman–Crippen LogP) is 2.73. The third-order valence-electron chi connectivity index (χ3n) is 3.18. The van der Waals surface area contributed by atoms with Crippen LogP contribution in [-0.2, 0) is 11.2 Å². The van der Waals surface area contributed by atoms with Gasteiger partial charge in [0.15, 0.2) is 11.6 Å². The standard InChI is InChI=1S/C16H12F2N4O/c17-13-7-6-11(8-14(13)18)9-15(23)20-16-21-19-10-22(16)12-4-2-1-3-5-12/h1-8,10H,9H2,(H,20,21,23). The summed E-state index contributed by atoms with van der Waals surface area (Å²) in [6.07, 6.45) is 1.38. The number of halogens is 2. The molecule has 7 heteroatoms. The van der Waals surface area contributed by atoms with Gasteiger partial charge in [-0.25, -0.2) is 8.78 Å². The summed E-state index contributed by atoms with van der Waals surface area (Å²) in [6.45, 7) is 0. The molecule has 0 aliphatic rings. The Labute approximate surface area is 130 Å². The molecule has 0 aliphatic carbocycles. The summed E-state index contributed by atoms with van der Waals surface area (Å²) >= 11 is 0. The van der Waals surface area contributed by atoms with E-state index in [2.05, 4.69) is 15.5 Å². The van der Waals surface area contributed by atoms with Gasteiger partial charge in [0.05, 0.1) is 12.1 Å². The van der Waals surface area contributed by atoms with E-state index in [1.54, 1.807) is 4.57 Å². The number of benzene rings is 2. The van der Waals surface area contributed by atoms with Crippen molar-refractivity contribution in [3.05, 3.63) is 72.1 Å². The molecule has 3 rings (SSSR count). The number of hydrogen-bond donors (Lipinski definition) is 1. The lowest BCUT2D eigenvalue weighted by atomic mass is 10.1. The van der Waals surface area contributed by atoms with Crippen LogP contribution in [0.2, 0.25) is 0 Å². The van der Waals surface area contributed by atoms with Crippen LogP contribution in [0, 0.1) is 11.6 Å². The zero-order chi connectivity index (χ0) is 16.2. The third kappa shape index (κ3) is 3.39. The largest absolute Gasteiger partial charge is 0.294 e. The van der Waals surface area contributed by atoms with Gasteiger partial charge in [0.2, 0.25) is 11.9 Å². The van der Waals surface area contributed by atoms with E-state index in [-0.39, 0.29) is 12.4 Å². The molecule has 1 aromatic heterocycles. The van der Waals surface area contributed by atoms with E-state index in [0.717, 1.165) is 17.8 Å². The van der Waals surface area contributed by atoms with Gasteiger partial charge >= 0.3 is 0 Å². The molecule has 3 aromatic rings. The van der Waals surface area contributed by atoms with Gasteiger partial charge < -0.3 is 0 Å². The molecule has 2 aromatic carbocycles. The van der Waals surface area contributed by atoms with Crippen molar-refractivity contribution in [2.24, 2.45) is 0 Å². The SMILES string of the molecule is O=C(Cc1ccc(F)c(F)c1)Nc1nncn1-c1ccccc1. The number of carbonyl (C=O) groups excluding carboxylic acids is 1. The molecule has 0 atom stereocenters. The molecule has 0 saturated heterocycles. The average molecular weight is 314 g/mol. The first-order chi connectivity index (χ1) is 11.1. The molecule has 0 bridgehead atoms. The first kappa shape index (κ1) is 14.8. The lowest BCUT2D eigenvalue weighted by Crippen LogP contribution is -2.17. The topological polar surface area (TPSA) is 59.8 Å². The van der Waals surface area contributed by atoms with Crippen LogP contribution in [0.5, 0.6) is 0 Å². The Morgan fingerprint density at radius 2 is 1.87 bits per heavy atom. The van der Waals surface area contributed by atoms with Crippen LogP contribution in [0.4, 0.5) is 14.7 Å². The number of anilines is 1. The molecule has 0 radical (unpaired) electrons. The number of amides is 1. The highest BCUT2D eigenvalue weighted by Crippen LogP contribution is 2.14. The lowest BCUT2D eigenvalue weighted by Gasteiger charge is -2.08. The summed E-state index contributed by atoms with van der Waals surface area (Å²) in [7, 11) is 0. The molecule has 1 amide bonds. The molecule has 5 nitrogen and oxygen atoms in total. The Morgan fingerprint density at radius 3 is 2.61 bits per heavy atom. The molecule has 1 N–H and O–H groups in total. The number of hydrogen-bond acceptors (Lipinski definition) is 3. The highest BCUT2D eigenvalue weighted by atomic mass is 19.2. The zero-order valence-electron chi connectivity index (χ0n) is 11.9. The second-order valence-electron chi connectivity index (χ2n) is 4.83. The van der Waals surface area contributed by atoms with Gasteiger partial charge in [-0.1, -0.05) is 24.3 Å². The Bertz CT molecular complexity index is 833. The van der Waals surface area contributed by atoms with Gasteiger partial charge in [-0.2, -0.15) is 0 Å². The first-order valence-electron chi connectivity index (χ1n) is 6.83. The molecule has 0 saturated carbocycles. The predicted molar refractivity (Wildman–Crippen MR) is 80.1 cm³/mol. The quantitative estimate of drug-likeness (QED) is 0.805. The van der Waals surface area contributed by atoms with Crippen LogP contribution in [0.3, 0.4) is 0 Å². The Balaban J connectivity index is 1.74. The molecule has 0 spiro atoms. The van der Waals surface area contributed by atoms with Crippen LogP contribution in [-0.4, -0.2) is 20.7 Å². The van der Waals surface area contributed by atoms with Crippen molar-refractivity contribution in [1.29, 1.82) is 0 Å². The summed E-state index contributed by atoms with van der Waals surface area (Å²) in [5.41, 5.74) is 1.16.